The normalized spacial score (nSPS) is 16.8. The van der Waals surface area contributed by atoms with Crippen LogP contribution in [0, 0.1) is 0 Å². The summed E-state index contributed by atoms with van der Waals surface area (Å²) in [4.78, 5) is 14.7. The molecule has 0 bridgehead atoms. The van der Waals surface area contributed by atoms with Crippen molar-refractivity contribution in [1.82, 2.24) is 15.2 Å². The summed E-state index contributed by atoms with van der Waals surface area (Å²) in [5.74, 6) is 1.80. The summed E-state index contributed by atoms with van der Waals surface area (Å²) in [6.07, 6.45) is 0.878. The maximum absolute atomic E-state index is 12.9. The zero-order valence-electron chi connectivity index (χ0n) is 14.6. The van der Waals surface area contributed by atoms with Gasteiger partial charge in [0, 0.05) is 30.1 Å². The van der Waals surface area contributed by atoms with Crippen LogP contribution in [0.2, 0.25) is 0 Å². The Morgan fingerprint density at radius 2 is 1.96 bits per heavy atom. The number of fused-ring (bicyclic) bond motifs is 1. The van der Waals surface area contributed by atoms with Gasteiger partial charge in [-0.3, -0.25) is 4.79 Å². The van der Waals surface area contributed by atoms with Gasteiger partial charge in [0.1, 0.15) is 22.5 Å². The summed E-state index contributed by atoms with van der Waals surface area (Å²) >= 11 is 0. The first-order chi connectivity index (χ1) is 12.7. The van der Waals surface area contributed by atoms with Crippen molar-refractivity contribution in [3.8, 4) is 11.5 Å². The molecule has 2 aromatic carbocycles. The summed E-state index contributed by atoms with van der Waals surface area (Å²) in [5.41, 5.74) is 2.88. The first kappa shape index (κ1) is 16.4. The van der Waals surface area contributed by atoms with Gasteiger partial charge in [0.05, 0.1) is 14.2 Å². The summed E-state index contributed by atoms with van der Waals surface area (Å²) in [5, 5.41) is 7.57. The molecule has 0 unspecified atom stereocenters. The van der Waals surface area contributed by atoms with Crippen LogP contribution in [0.1, 0.15) is 28.3 Å². The fourth-order valence-electron chi connectivity index (χ4n) is 3.45. The molecule has 3 aromatic rings. The van der Waals surface area contributed by atoms with E-state index in [2.05, 4.69) is 10.3 Å². The fourth-order valence-corrected chi connectivity index (χ4v) is 3.45. The highest BCUT2D eigenvalue weighted by Gasteiger charge is 2.30. The van der Waals surface area contributed by atoms with Crippen LogP contribution in [0.5, 0.6) is 11.5 Å². The fraction of sp³-hybridized carbons (Fsp3) is 0.316. The van der Waals surface area contributed by atoms with Gasteiger partial charge in [-0.2, -0.15) is 0 Å². The average molecular weight is 353 g/mol. The van der Waals surface area contributed by atoms with Crippen LogP contribution in [0.4, 0.5) is 0 Å². The lowest BCUT2D eigenvalue weighted by atomic mass is 9.97. The predicted molar refractivity (Wildman–Crippen MR) is 94.6 cm³/mol. The Morgan fingerprint density at radius 3 is 2.77 bits per heavy atom. The molecule has 1 saturated heterocycles. The Balaban J connectivity index is 1.55. The number of methoxy groups -OCH3 is 2. The van der Waals surface area contributed by atoms with Gasteiger partial charge in [-0.05, 0) is 53.1 Å². The number of carbonyl (C=O) groups is 1. The maximum Gasteiger partial charge on any atom is 0.253 e. The Labute approximate surface area is 150 Å². The third kappa shape index (κ3) is 2.85. The standard InChI is InChI=1S/C19H19N3O4/c1-24-14-4-6-18(25-2)15(10-14)13-7-8-22(11-13)19(23)12-3-5-16-17(9-12)21-26-20-16/h3-6,9-10,13H,7-8,11H2,1-2H3/t13-/m0/s1. The second-order valence-electron chi connectivity index (χ2n) is 6.31. The van der Waals surface area contributed by atoms with Crippen LogP contribution in [0.15, 0.2) is 41.0 Å². The first-order valence-corrected chi connectivity index (χ1v) is 8.43. The molecule has 0 spiro atoms. The van der Waals surface area contributed by atoms with Gasteiger partial charge in [0.2, 0.25) is 0 Å². The van der Waals surface area contributed by atoms with Crippen molar-refractivity contribution < 1.29 is 18.9 Å². The highest BCUT2D eigenvalue weighted by Crippen LogP contribution is 2.36. The number of hydrogen-bond donors (Lipinski definition) is 0. The lowest BCUT2D eigenvalue weighted by molar-refractivity contribution is 0.0791. The lowest BCUT2D eigenvalue weighted by Gasteiger charge is -2.18. The SMILES string of the molecule is COc1ccc(OC)c([C@H]2CCN(C(=O)c3ccc4nonc4c3)C2)c1. The van der Waals surface area contributed by atoms with Crippen molar-refractivity contribution in [3.63, 3.8) is 0 Å². The third-order valence-electron chi connectivity index (χ3n) is 4.85. The van der Waals surface area contributed by atoms with E-state index in [9.17, 15) is 4.79 Å². The van der Waals surface area contributed by atoms with Gasteiger partial charge in [-0.15, -0.1) is 0 Å². The molecule has 1 fully saturated rings. The number of ether oxygens (including phenoxy) is 2. The van der Waals surface area contributed by atoms with Crippen molar-refractivity contribution in [2.75, 3.05) is 27.3 Å². The van der Waals surface area contributed by atoms with Gasteiger partial charge in [0.15, 0.2) is 0 Å². The van der Waals surface area contributed by atoms with Crippen LogP contribution >= 0.6 is 0 Å². The Hall–Kier alpha value is -3.09. The van der Waals surface area contributed by atoms with E-state index >= 15 is 0 Å². The molecule has 1 amide bonds. The monoisotopic (exact) mass is 353 g/mol. The molecule has 4 rings (SSSR count). The molecule has 1 atom stereocenters. The zero-order valence-corrected chi connectivity index (χ0v) is 14.6. The van der Waals surface area contributed by atoms with Crippen LogP contribution in [-0.4, -0.2) is 48.4 Å². The van der Waals surface area contributed by atoms with Crippen LogP contribution in [0.25, 0.3) is 11.0 Å². The van der Waals surface area contributed by atoms with Crippen LogP contribution in [0.3, 0.4) is 0 Å². The molecule has 0 saturated carbocycles. The summed E-state index contributed by atoms with van der Waals surface area (Å²) < 4.78 is 15.5. The van der Waals surface area contributed by atoms with Gasteiger partial charge in [0.25, 0.3) is 5.91 Å². The largest absolute Gasteiger partial charge is 0.497 e. The number of benzene rings is 2. The van der Waals surface area contributed by atoms with Crippen molar-refractivity contribution in [1.29, 1.82) is 0 Å². The summed E-state index contributed by atoms with van der Waals surface area (Å²) in [7, 11) is 3.30. The van der Waals surface area contributed by atoms with E-state index < -0.39 is 0 Å². The molecular formula is C19H19N3O4. The minimum atomic E-state index is -0.0146. The quantitative estimate of drug-likeness (QED) is 0.718. The number of aromatic nitrogens is 2. The number of likely N-dealkylation sites (tertiary alicyclic amines) is 1. The molecule has 1 aromatic heterocycles. The molecule has 7 heteroatoms. The molecule has 2 heterocycles. The zero-order chi connectivity index (χ0) is 18.1. The van der Waals surface area contributed by atoms with Crippen molar-refractivity contribution in [3.05, 3.63) is 47.5 Å². The molecular weight excluding hydrogens is 334 g/mol. The Morgan fingerprint density at radius 1 is 1.12 bits per heavy atom. The van der Waals surface area contributed by atoms with E-state index in [0.717, 1.165) is 23.5 Å². The number of nitrogens with zero attached hydrogens (tertiary/aromatic N) is 3. The smallest absolute Gasteiger partial charge is 0.253 e. The molecule has 26 heavy (non-hydrogen) atoms. The molecule has 1 aliphatic heterocycles. The predicted octanol–water partition coefficient (Wildman–Crippen LogP) is 2.87. The van der Waals surface area contributed by atoms with E-state index in [4.69, 9.17) is 14.1 Å². The molecule has 0 aliphatic carbocycles. The Bertz CT molecular complexity index is 953. The Kier molecular flexibility index (Phi) is 4.20. The number of carbonyl (C=O) groups excluding carboxylic acids is 1. The van der Waals surface area contributed by atoms with E-state index in [-0.39, 0.29) is 11.8 Å². The third-order valence-corrected chi connectivity index (χ3v) is 4.85. The average Bonchev–Trinajstić information content (AvgIpc) is 3.35. The summed E-state index contributed by atoms with van der Waals surface area (Å²) in [6, 6.07) is 11.0. The number of rotatable bonds is 4. The van der Waals surface area contributed by atoms with E-state index in [1.54, 1.807) is 32.4 Å². The van der Waals surface area contributed by atoms with Crippen LogP contribution < -0.4 is 9.47 Å². The number of hydrogen-bond acceptors (Lipinski definition) is 6. The number of amides is 1. The minimum Gasteiger partial charge on any atom is -0.497 e. The second kappa shape index (κ2) is 6.67. The summed E-state index contributed by atoms with van der Waals surface area (Å²) in [6.45, 7) is 1.33. The van der Waals surface area contributed by atoms with Crippen molar-refractivity contribution >= 4 is 16.9 Å². The van der Waals surface area contributed by atoms with E-state index in [1.807, 2.05) is 23.1 Å². The first-order valence-electron chi connectivity index (χ1n) is 8.43. The van der Waals surface area contributed by atoms with E-state index in [1.165, 1.54) is 0 Å². The van der Waals surface area contributed by atoms with Gasteiger partial charge < -0.3 is 14.4 Å². The van der Waals surface area contributed by atoms with Crippen molar-refractivity contribution in [2.24, 2.45) is 0 Å². The molecule has 134 valence electrons. The lowest BCUT2D eigenvalue weighted by Crippen LogP contribution is -2.28. The second-order valence-corrected chi connectivity index (χ2v) is 6.31. The molecule has 7 nitrogen and oxygen atoms in total. The van der Waals surface area contributed by atoms with Gasteiger partial charge in [-0.25, -0.2) is 4.63 Å². The van der Waals surface area contributed by atoms with Gasteiger partial charge >= 0.3 is 0 Å². The molecule has 0 N–H and O–H groups in total. The van der Waals surface area contributed by atoms with Crippen molar-refractivity contribution in [2.45, 2.75) is 12.3 Å². The highest BCUT2D eigenvalue weighted by atomic mass is 16.6. The van der Waals surface area contributed by atoms with E-state index in [0.29, 0.717) is 29.7 Å². The topological polar surface area (TPSA) is 77.7 Å². The van der Waals surface area contributed by atoms with Gasteiger partial charge in [-0.1, -0.05) is 0 Å². The van der Waals surface area contributed by atoms with Crippen LogP contribution in [-0.2, 0) is 0 Å². The highest BCUT2D eigenvalue weighted by molar-refractivity contribution is 5.97. The molecule has 0 radical (unpaired) electrons. The maximum atomic E-state index is 12.9. The minimum absolute atomic E-state index is 0.0146. The molecule has 1 aliphatic rings.